The normalized spacial score (nSPS) is 17.2. The van der Waals surface area contributed by atoms with E-state index >= 15 is 0 Å². The predicted octanol–water partition coefficient (Wildman–Crippen LogP) is 3.53. The summed E-state index contributed by atoms with van der Waals surface area (Å²) in [7, 11) is 0. The zero-order valence-corrected chi connectivity index (χ0v) is 13.3. The minimum absolute atomic E-state index is 0.0347. The number of nitrogen functional groups attached to an aromatic ring is 1. The van der Waals surface area contributed by atoms with Crippen molar-refractivity contribution in [2.24, 2.45) is 5.92 Å². The molecule has 1 atom stereocenters. The molecule has 3 rings (SSSR count). The molecule has 2 N–H and O–H groups in total. The second-order valence-electron chi connectivity index (χ2n) is 5.97. The lowest BCUT2D eigenvalue weighted by Gasteiger charge is -2.32. The lowest BCUT2D eigenvalue weighted by molar-refractivity contribution is -0.189. The first-order valence-electron chi connectivity index (χ1n) is 7.91. The van der Waals surface area contributed by atoms with Crippen LogP contribution < -0.4 is 5.73 Å². The Bertz CT molecular complexity index is 774. The molecule has 2 heterocycles. The van der Waals surface area contributed by atoms with Crippen LogP contribution in [0.2, 0.25) is 0 Å². The molecule has 0 bridgehead atoms. The predicted molar refractivity (Wildman–Crippen MR) is 85.4 cm³/mol. The highest BCUT2D eigenvalue weighted by molar-refractivity contribution is 5.72. The van der Waals surface area contributed by atoms with Gasteiger partial charge < -0.3 is 10.5 Å². The molecule has 1 aromatic carbocycles. The Morgan fingerprint density at radius 1 is 1.24 bits per heavy atom. The lowest BCUT2D eigenvalue weighted by Crippen LogP contribution is -2.37. The summed E-state index contributed by atoms with van der Waals surface area (Å²) in [6.45, 7) is 0.546. The Balaban J connectivity index is 2.11. The highest BCUT2D eigenvalue weighted by Gasteiger charge is 2.48. The van der Waals surface area contributed by atoms with E-state index in [1.54, 1.807) is 30.3 Å². The van der Waals surface area contributed by atoms with Crippen molar-refractivity contribution in [3.05, 3.63) is 35.9 Å². The van der Waals surface area contributed by atoms with Gasteiger partial charge in [0.25, 0.3) is 0 Å². The number of aromatic nitrogens is 2. The van der Waals surface area contributed by atoms with Crippen molar-refractivity contribution in [2.75, 3.05) is 18.9 Å². The monoisotopic (exact) mass is 350 g/mol. The van der Waals surface area contributed by atoms with E-state index in [-0.39, 0.29) is 43.1 Å². The fourth-order valence-electron chi connectivity index (χ4n) is 3.20. The third-order valence-corrected chi connectivity index (χ3v) is 4.42. The molecular formula is C17H17F3N4O. The van der Waals surface area contributed by atoms with Crippen LogP contribution in [0.5, 0.6) is 0 Å². The van der Waals surface area contributed by atoms with E-state index < -0.39 is 18.1 Å². The van der Waals surface area contributed by atoms with E-state index in [4.69, 9.17) is 10.5 Å². The van der Waals surface area contributed by atoms with Gasteiger partial charge in [-0.15, -0.1) is 0 Å². The van der Waals surface area contributed by atoms with Crippen molar-refractivity contribution >= 4 is 5.82 Å². The Kier molecular flexibility index (Phi) is 4.68. The van der Waals surface area contributed by atoms with Gasteiger partial charge >= 0.3 is 6.18 Å². The Morgan fingerprint density at radius 2 is 1.88 bits per heavy atom. The van der Waals surface area contributed by atoms with Crippen LogP contribution in [0.4, 0.5) is 19.0 Å². The van der Waals surface area contributed by atoms with Crippen molar-refractivity contribution < 1.29 is 17.9 Å². The average molecular weight is 350 g/mol. The molecule has 25 heavy (non-hydrogen) atoms. The minimum Gasteiger partial charge on any atom is -0.383 e. The number of nitrogens with two attached hydrogens (primary N) is 1. The molecule has 0 saturated carbocycles. The Hall–Kier alpha value is -2.53. The highest BCUT2D eigenvalue weighted by Crippen LogP contribution is 2.43. The second kappa shape index (κ2) is 6.76. The zero-order valence-electron chi connectivity index (χ0n) is 13.3. The van der Waals surface area contributed by atoms with E-state index in [1.165, 1.54) is 0 Å². The largest absolute Gasteiger partial charge is 0.411 e. The molecule has 1 unspecified atom stereocenters. The topological polar surface area (TPSA) is 76.9 Å². The molecule has 2 aromatic rings. The van der Waals surface area contributed by atoms with Gasteiger partial charge in [0, 0.05) is 18.8 Å². The minimum atomic E-state index is -4.52. The number of hydrogen-bond donors (Lipinski definition) is 1. The van der Waals surface area contributed by atoms with Crippen LogP contribution in [0.1, 0.15) is 24.4 Å². The van der Waals surface area contributed by atoms with Gasteiger partial charge in [0.1, 0.15) is 23.1 Å². The SMILES string of the molecule is N#Cc1c(-c2ccccc2)nn(C(C2CCOCC2)C(F)(F)F)c1N. The molecule has 0 aliphatic carbocycles. The number of benzene rings is 1. The number of ether oxygens (including phenoxy) is 1. The summed E-state index contributed by atoms with van der Waals surface area (Å²) in [5.74, 6) is -0.943. The van der Waals surface area contributed by atoms with Crippen LogP contribution in [-0.4, -0.2) is 29.2 Å². The molecule has 1 fully saturated rings. The lowest BCUT2D eigenvalue weighted by atomic mass is 9.91. The second-order valence-corrected chi connectivity index (χ2v) is 5.97. The van der Waals surface area contributed by atoms with Gasteiger partial charge in [-0.25, -0.2) is 4.68 Å². The quantitative estimate of drug-likeness (QED) is 0.919. The maximum atomic E-state index is 13.8. The molecule has 0 radical (unpaired) electrons. The number of nitriles is 1. The molecule has 0 spiro atoms. The number of halogens is 3. The van der Waals surface area contributed by atoms with Gasteiger partial charge in [-0.2, -0.15) is 23.5 Å². The third kappa shape index (κ3) is 3.33. The number of nitrogens with zero attached hydrogens (tertiary/aromatic N) is 3. The van der Waals surface area contributed by atoms with Crippen LogP contribution in [0.3, 0.4) is 0 Å². The van der Waals surface area contributed by atoms with E-state index in [0.717, 1.165) is 4.68 Å². The summed E-state index contributed by atoms with van der Waals surface area (Å²) in [4.78, 5) is 0. The fourth-order valence-corrected chi connectivity index (χ4v) is 3.20. The number of hydrogen-bond acceptors (Lipinski definition) is 4. The van der Waals surface area contributed by atoms with Crippen molar-refractivity contribution in [3.63, 3.8) is 0 Å². The first-order valence-corrected chi connectivity index (χ1v) is 7.91. The van der Waals surface area contributed by atoms with E-state index in [9.17, 15) is 18.4 Å². The van der Waals surface area contributed by atoms with Crippen LogP contribution in [-0.2, 0) is 4.74 Å². The van der Waals surface area contributed by atoms with Crippen molar-refractivity contribution in [1.82, 2.24) is 9.78 Å². The number of anilines is 1. The van der Waals surface area contributed by atoms with Crippen LogP contribution >= 0.6 is 0 Å². The summed E-state index contributed by atoms with van der Waals surface area (Å²) >= 11 is 0. The molecule has 8 heteroatoms. The molecule has 0 amide bonds. The summed E-state index contributed by atoms with van der Waals surface area (Å²) in [6.07, 6.45) is -3.99. The van der Waals surface area contributed by atoms with E-state index in [0.29, 0.717) is 5.56 Å². The summed E-state index contributed by atoms with van der Waals surface area (Å²) < 4.78 is 47.3. The van der Waals surface area contributed by atoms with E-state index in [1.807, 2.05) is 6.07 Å². The van der Waals surface area contributed by atoms with Crippen LogP contribution in [0.15, 0.2) is 30.3 Å². The zero-order chi connectivity index (χ0) is 18.0. The summed E-state index contributed by atoms with van der Waals surface area (Å²) in [5.41, 5.74) is 6.59. The Morgan fingerprint density at radius 3 is 2.44 bits per heavy atom. The van der Waals surface area contributed by atoms with Gasteiger partial charge in [-0.05, 0) is 18.8 Å². The van der Waals surface area contributed by atoms with Crippen molar-refractivity contribution in [2.45, 2.75) is 25.1 Å². The first kappa shape index (κ1) is 17.3. The maximum Gasteiger partial charge on any atom is 0.411 e. The Labute approximate surface area is 142 Å². The molecule has 1 aromatic heterocycles. The molecular weight excluding hydrogens is 333 g/mol. The molecule has 132 valence electrons. The third-order valence-electron chi connectivity index (χ3n) is 4.42. The van der Waals surface area contributed by atoms with Gasteiger partial charge in [-0.1, -0.05) is 30.3 Å². The standard InChI is InChI=1S/C17H17F3N4O/c18-17(19,20)15(12-6-8-25-9-7-12)24-16(22)13(10-21)14(23-24)11-4-2-1-3-5-11/h1-5,12,15H,6-9,22H2. The first-order chi connectivity index (χ1) is 11.9. The smallest absolute Gasteiger partial charge is 0.383 e. The van der Waals surface area contributed by atoms with Crippen molar-refractivity contribution in [3.8, 4) is 17.3 Å². The van der Waals surface area contributed by atoms with Crippen molar-refractivity contribution in [1.29, 1.82) is 5.26 Å². The van der Waals surface area contributed by atoms with Gasteiger partial charge in [0.2, 0.25) is 0 Å². The average Bonchev–Trinajstić information content (AvgIpc) is 2.92. The van der Waals surface area contributed by atoms with Gasteiger partial charge in [-0.3, -0.25) is 0 Å². The van der Waals surface area contributed by atoms with Crippen LogP contribution in [0, 0.1) is 17.2 Å². The highest BCUT2D eigenvalue weighted by atomic mass is 19.4. The number of alkyl halides is 3. The van der Waals surface area contributed by atoms with Gasteiger partial charge in [0.05, 0.1) is 0 Å². The number of rotatable bonds is 3. The maximum absolute atomic E-state index is 13.8. The van der Waals surface area contributed by atoms with E-state index in [2.05, 4.69) is 5.10 Å². The van der Waals surface area contributed by atoms with Crippen LogP contribution in [0.25, 0.3) is 11.3 Å². The molecule has 1 aliphatic rings. The summed E-state index contributed by atoms with van der Waals surface area (Å²) in [5, 5.41) is 13.5. The van der Waals surface area contributed by atoms with Gasteiger partial charge in [0.15, 0.2) is 6.04 Å². The molecule has 1 aliphatic heterocycles. The fraction of sp³-hybridized carbons (Fsp3) is 0.412. The molecule has 5 nitrogen and oxygen atoms in total. The molecule has 1 saturated heterocycles. The summed E-state index contributed by atoms with van der Waals surface area (Å²) in [6, 6.07) is 8.62.